The molecule has 0 saturated heterocycles. The van der Waals surface area contributed by atoms with E-state index in [1.807, 2.05) is 13.8 Å². The summed E-state index contributed by atoms with van der Waals surface area (Å²) in [6, 6.07) is 0. The van der Waals surface area contributed by atoms with Gasteiger partial charge in [-0.2, -0.15) is 4.98 Å². The van der Waals surface area contributed by atoms with E-state index in [4.69, 9.17) is 14.2 Å². The molecule has 0 atom stereocenters. The van der Waals surface area contributed by atoms with Crippen LogP contribution in [-0.2, 0) is 15.9 Å². The minimum absolute atomic E-state index is 0.471. The lowest BCUT2D eigenvalue weighted by molar-refractivity contribution is 0.0535. The van der Waals surface area contributed by atoms with E-state index in [9.17, 15) is 0 Å². The first-order chi connectivity index (χ1) is 10.2. The summed E-state index contributed by atoms with van der Waals surface area (Å²) in [7, 11) is 1.65. The minimum atomic E-state index is 0.471. The molecule has 1 aromatic heterocycles. The van der Waals surface area contributed by atoms with Gasteiger partial charge in [0, 0.05) is 20.1 Å². The summed E-state index contributed by atoms with van der Waals surface area (Å²) in [4.78, 5) is 9.02. The fourth-order valence-electron chi connectivity index (χ4n) is 1.80. The van der Waals surface area contributed by atoms with Crippen molar-refractivity contribution in [2.45, 2.75) is 33.6 Å². The number of hydrogen-bond donors (Lipinski definition) is 1. The van der Waals surface area contributed by atoms with E-state index < -0.39 is 0 Å². The van der Waals surface area contributed by atoms with Crippen LogP contribution in [0.5, 0.6) is 5.88 Å². The van der Waals surface area contributed by atoms with Crippen molar-refractivity contribution in [3.8, 4) is 5.88 Å². The molecule has 0 radical (unpaired) electrons. The first kappa shape index (κ1) is 17.7. The first-order valence-electron chi connectivity index (χ1n) is 7.53. The zero-order chi connectivity index (χ0) is 15.5. The second-order valence-corrected chi connectivity index (χ2v) is 4.65. The van der Waals surface area contributed by atoms with Gasteiger partial charge in [-0.1, -0.05) is 6.92 Å². The number of rotatable bonds is 11. The van der Waals surface area contributed by atoms with Crippen molar-refractivity contribution >= 4 is 5.82 Å². The average Bonchev–Trinajstić information content (AvgIpc) is 2.47. The Morgan fingerprint density at radius 1 is 1.05 bits per heavy atom. The third kappa shape index (κ3) is 6.27. The van der Waals surface area contributed by atoms with Crippen LogP contribution in [0.2, 0.25) is 0 Å². The van der Waals surface area contributed by atoms with E-state index in [0.29, 0.717) is 32.3 Å². The summed E-state index contributed by atoms with van der Waals surface area (Å²) in [5.41, 5.74) is 0.939. The van der Waals surface area contributed by atoms with Crippen LogP contribution in [0.4, 0.5) is 5.82 Å². The van der Waals surface area contributed by atoms with Crippen LogP contribution in [0.3, 0.4) is 0 Å². The van der Waals surface area contributed by atoms with E-state index in [0.717, 1.165) is 36.6 Å². The van der Waals surface area contributed by atoms with E-state index in [1.165, 1.54) is 0 Å². The van der Waals surface area contributed by atoms with Crippen molar-refractivity contribution in [2.75, 3.05) is 45.4 Å². The summed E-state index contributed by atoms with van der Waals surface area (Å²) in [6.45, 7) is 9.11. The molecule has 0 fully saturated rings. The molecule has 1 heterocycles. The van der Waals surface area contributed by atoms with Gasteiger partial charge < -0.3 is 19.5 Å². The smallest absolute Gasteiger partial charge is 0.221 e. The molecule has 0 amide bonds. The zero-order valence-electron chi connectivity index (χ0n) is 13.6. The highest BCUT2D eigenvalue weighted by atomic mass is 16.5. The molecule has 6 nitrogen and oxygen atoms in total. The SMILES string of the molecule is CCCc1nc(NCC)c(C)c(OCCOCCOC)n1. The maximum Gasteiger partial charge on any atom is 0.221 e. The number of anilines is 1. The maximum absolute atomic E-state index is 5.73. The Morgan fingerprint density at radius 2 is 1.81 bits per heavy atom. The summed E-state index contributed by atoms with van der Waals surface area (Å²) >= 11 is 0. The Kier molecular flexibility index (Phi) is 8.69. The molecule has 0 bridgehead atoms. The molecule has 1 aromatic rings. The molecule has 0 aliphatic heterocycles. The number of methoxy groups -OCH3 is 1. The van der Waals surface area contributed by atoms with Crippen LogP contribution in [0.15, 0.2) is 0 Å². The second kappa shape index (κ2) is 10.3. The van der Waals surface area contributed by atoms with Gasteiger partial charge in [-0.15, -0.1) is 0 Å². The van der Waals surface area contributed by atoms with Gasteiger partial charge in [-0.05, 0) is 20.3 Å². The van der Waals surface area contributed by atoms with Gasteiger partial charge in [0.2, 0.25) is 5.88 Å². The van der Waals surface area contributed by atoms with E-state index in [1.54, 1.807) is 7.11 Å². The van der Waals surface area contributed by atoms with Crippen molar-refractivity contribution in [1.29, 1.82) is 0 Å². The highest BCUT2D eigenvalue weighted by molar-refractivity contribution is 5.48. The third-order valence-electron chi connectivity index (χ3n) is 2.86. The van der Waals surface area contributed by atoms with Gasteiger partial charge in [0.15, 0.2) is 0 Å². The quantitative estimate of drug-likeness (QED) is 0.632. The van der Waals surface area contributed by atoms with Gasteiger partial charge in [0.1, 0.15) is 18.2 Å². The Morgan fingerprint density at radius 3 is 2.48 bits per heavy atom. The Labute approximate surface area is 127 Å². The minimum Gasteiger partial charge on any atom is -0.475 e. The van der Waals surface area contributed by atoms with Gasteiger partial charge in [-0.3, -0.25) is 0 Å². The maximum atomic E-state index is 5.73. The van der Waals surface area contributed by atoms with Crippen molar-refractivity contribution in [1.82, 2.24) is 9.97 Å². The normalized spacial score (nSPS) is 10.7. The zero-order valence-corrected chi connectivity index (χ0v) is 13.6. The van der Waals surface area contributed by atoms with Crippen LogP contribution in [-0.4, -0.2) is 50.1 Å². The second-order valence-electron chi connectivity index (χ2n) is 4.65. The fourth-order valence-corrected chi connectivity index (χ4v) is 1.80. The molecule has 0 spiro atoms. The Hall–Kier alpha value is -1.40. The molecule has 0 aliphatic carbocycles. The van der Waals surface area contributed by atoms with Crippen molar-refractivity contribution in [3.63, 3.8) is 0 Å². The highest BCUT2D eigenvalue weighted by Gasteiger charge is 2.11. The summed E-state index contributed by atoms with van der Waals surface area (Å²) in [5, 5.41) is 3.25. The first-order valence-corrected chi connectivity index (χ1v) is 7.53. The molecular formula is C15H27N3O3. The lowest BCUT2D eigenvalue weighted by Crippen LogP contribution is -2.13. The number of ether oxygens (including phenoxy) is 3. The fraction of sp³-hybridized carbons (Fsp3) is 0.733. The van der Waals surface area contributed by atoms with Crippen molar-refractivity contribution in [3.05, 3.63) is 11.4 Å². The third-order valence-corrected chi connectivity index (χ3v) is 2.86. The van der Waals surface area contributed by atoms with E-state index in [-0.39, 0.29) is 0 Å². The van der Waals surface area contributed by atoms with Gasteiger partial charge >= 0.3 is 0 Å². The van der Waals surface area contributed by atoms with Gasteiger partial charge in [0.25, 0.3) is 0 Å². The lowest BCUT2D eigenvalue weighted by Gasteiger charge is -2.14. The summed E-state index contributed by atoms with van der Waals surface area (Å²) in [6.07, 6.45) is 1.85. The van der Waals surface area contributed by atoms with E-state index >= 15 is 0 Å². The van der Waals surface area contributed by atoms with Crippen molar-refractivity contribution < 1.29 is 14.2 Å². The van der Waals surface area contributed by atoms with Gasteiger partial charge in [-0.25, -0.2) is 4.98 Å². The molecule has 120 valence electrons. The molecule has 6 heteroatoms. The molecule has 1 rings (SSSR count). The predicted molar refractivity (Wildman–Crippen MR) is 83.1 cm³/mol. The van der Waals surface area contributed by atoms with Crippen LogP contribution in [0.25, 0.3) is 0 Å². The molecule has 1 N–H and O–H groups in total. The molecule has 0 saturated carbocycles. The number of nitrogens with one attached hydrogen (secondary N) is 1. The Bertz CT molecular complexity index is 413. The molecule has 0 aromatic carbocycles. The Balaban J connectivity index is 2.61. The topological polar surface area (TPSA) is 65.5 Å². The molecular weight excluding hydrogens is 270 g/mol. The number of nitrogens with zero attached hydrogens (tertiary/aromatic N) is 2. The molecule has 0 aliphatic rings. The number of hydrogen-bond acceptors (Lipinski definition) is 6. The van der Waals surface area contributed by atoms with Crippen LogP contribution in [0.1, 0.15) is 31.7 Å². The summed E-state index contributed by atoms with van der Waals surface area (Å²) in [5.74, 6) is 2.31. The summed E-state index contributed by atoms with van der Waals surface area (Å²) < 4.78 is 16.0. The van der Waals surface area contributed by atoms with Crippen LogP contribution < -0.4 is 10.1 Å². The number of aromatic nitrogens is 2. The van der Waals surface area contributed by atoms with Crippen molar-refractivity contribution in [2.24, 2.45) is 0 Å². The molecule has 0 unspecified atom stereocenters. The predicted octanol–water partition coefficient (Wildman–Crippen LogP) is 2.21. The number of aryl methyl sites for hydroxylation is 1. The highest BCUT2D eigenvalue weighted by Crippen LogP contribution is 2.22. The lowest BCUT2D eigenvalue weighted by atomic mass is 10.2. The van der Waals surface area contributed by atoms with Crippen LogP contribution in [0, 0.1) is 6.92 Å². The van der Waals surface area contributed by atoms with E-state index in [2.05, 4.69) is 22.2 Å². The van der Waals surface area contributed by atoms with Gasteiger partial charge in [0.05, 0.1) is 25.4 Å². The molecule has 21 heavy (non-hydrogen) atoms. The standard InChI is InChI=1S/C15H27N3O3/c1-5-7-13-17-14(16-6-2)12(3)15(18-13)21-11-10-20-9-8-19-4/h5-11H2,1-4H3,(H,16,17,18). The largest absolute Gasteiger partial charge is 0.475 e. The van der Waals surface area contributed by atoms with Crippen LogP contribution >= 0.6 is 0 Å². The average molecular weight is 297 g/mol. The monoisotopic (exact) mass is 297 g/mol.